The average Bonchev–Trinajstić information content (AvgIpc) is 3.08. The molecular weight excluding hydrogens is 345 g/mol. The van der Waals surface area contributed by atoms with Gasteiger partial charge in [-0.15, -0.1) is 0 Å². The van der Waals surface area contributed by atoms with E-state index in [-0.39, 0.29) is 48.3 Å². The van der Waals surface area contributed by atoms with E-state index in [9.17, 15) is 18.0 Å². The highest BCUT2D eigenvalue weighted by Gasteiger charge is 2.13. The highest BCUT2D eigenvalue weighted by atomic mass is 19.1. The van der Waals surface area contributed by atoms with Gasteiger partial charge in [-0.2, -0.15) is 0 Å². The smallest absolute Gasteiger partial charge is 0.220 e. The number of carbonyl (C=O) groups excluding carboxylic acids is 1. The average molecular weight is 360 g/mol. The van der Waals surface area contributed by atoms with Crippen LogP contribution in [0.25, 0.3) is 11.3 Å². The lowest BCUT2D eigenvalue weighted by Crippen LogP contribution is -2.23. The second kappa shape index (κ2) is 7.86. The van der Waals surface area contributed by atoms with E-state index in [4.69, 9.17) is 4.42 Å². The third-order valence-corrected chi connectivity index (χ3v) is 3.75. The molecule has 0 aliphatic carbocycles. The first-order valence-electron chi connectivity index (χ1n) is 7.93. The van der Waals surface area contributed by atoms with Gasteiger partial charge in [0.25, 0.3) is 0 Å². The van der Waals surface area contributed by atoms with Gasteiger partial charge in [-0.1, -0.05) is 18.2 Å². The number of rotatable bonds is 6. The van der Waals surface area contributed by atoms with Crippen molar-refractivity contribution in [2.45, 2.75) is 19.4 Å². The van der Waals surface area contributed by atoms with Gasteiger partial charge in [0.15, 0.2) is 11.7 Å². The van der Waals surface area contributed by atoms with Crippen LogP contribution in [0.4, 0.5) is 13.2 Å². The summed E-state index contributed by atoms with van der Waals surface area (Å²) in [7, 11) is 0. The molecule has 0 bridgehead atoms. The Morgan fingerprint density at radius 3 is 2.65 bits per heavy atom. The molecule has 1 N–H and O–H groups in total. The number of hydrogen-bond donors (Lipinski definition) is 1. The van der Waals surface area contributed by atoms with Crippen LogP contribution in [0.5, 0.6) is 0 Å². The quantitative estimate of drug-likeness (QED) is 0.723. The molecule has 0 radical (unpaired) electrons. The zero-order chi connectivity index (χ0) is 18.5. The molecule has 2 aromatic carbocycles. The number of nitrogens with zero attached hydrogens (tertiary/aromatic N) is 1. The molecule has 0 saturated carbocycles. The van der Waals surface area contributed by atoms with Crippen molar-refractivity contribution in [1.29, 1.82) is 0 Å². The minimum Gasteiger partial charge on any atom is -0.441 e. The molecule has 1 aromatic heterocycles. The van der Waals surface area contributed by atoms with Crippen molar-refractivity contribution >= 4 is 5.91 Å². The zero-order valence-corrected chi connectivity index (χ0v) is 13.6. The van der Waals surface area contributed by atoms with E-state index in [0.29, 0.717) is 5.56 Å². The normalized spacial score (nSPS) is 10.7. The van der Waals surface area contributed by atoms with Crippen LogP contribution < -0.4 is 5.32 Å². The molecule has 1 amide bonds. The van der Waals surface area contributed by atoms with Gasteiger partial charge in [0.05, 0.1) is 11.8 Å². The number of nitrogens with one attached hydrogen (secondary N) is 1. The molecule has 0 unspecified atom stereocenters. The van der Waals surface area contributed by atoms with Gasteiger partial charge in [-0.05, 0) is 18.2 Å². The van der Waals surface area contributed by atoms with E-state index in [0.717, 1.165) is 12.1 Å². The van der Waals surface area contributed by atoms with E-state index in [1.807, 2.05) is 0 Å². The van der Waals surface area contributed by atoms with Gasteiger partial charge in [-0.25, -0.2) is 18.2 Å². The highest BCUT2D eigenvalue weighted by Crippen LogP contribution is 2.24. The first-order valence-corrected chi connectivity index (χ1v) is 7.93. The van der Waals surface area contributed by atoms with E-state index in [2.05, 4.69) is 10.3 Å². The van der Waals surface area contributed by atoms with Crippen LogP contribution in [0.1, 0.15) is 17.9 Å². The molecule has 134 valence electrons. The molecule has 0 atom stereocenters. The first kappa shape index (κ1) is 17.7. The molecule has 7 heteroatoms. The van der Waals surface area contributed by atoms with Crippen molar-refractivity contribution in [2.75, 3.05) is 0 Å². The summed E-state index contributed by atoms with van der Waals surface area (Å²) >= 11 is 0. The van der Waals surface area contributed by atoms with Crippen LogP contribution in [-0.2, 0) is 17.8 Å². The molecule has 0 fully saturated rings. The lowest BCUT2D eigenvalue weighted by atomic mass is 10.2. The molecule has 0 aliphatic rings. The summed E-state index contributed by atoms with van der Waals surface area (Å²) in [6.45, 7) is 0.0864. The summed E-state index contributed by atoms with van der Waals surface area (Å²) in [5, 5.41) is 2.61. The summed E-state index contributed by atoms with van der Waals surface area (Å²) in [5.41, 5.74) is 0.486. The molecule has 1 heterocycles. The van der Waals surface area contributed by atoms with E-state index >= 15 is 0 Å². The van der Waals surface area contributed by atoms with Crippen molar-refractivity contribution in [3.05, 3.63) is 77.6 Å². The second-order valence-electron chi connectivity index (χ2n) is 5.61. The molecule has 0 saturated heterocycles. The fourth-order valence-electron chi connectivity index (χ4n) is 2.38. The fourth-order valence-corrected chi connectivity index (χ4v) is 2.38. The van der Waals surface area contributed by atoms with E-state index in [1.165, 1.54) is 18.3 Å². The summed E-state index contributed by atoms with van der Waals surface area (Å²) in [6.07, 6.45) is 1.61. The van der Waals surface area contributed by atoms with Crippen LogP contribution in [-0.4, -0.2) is 10.9 Å². The predicted molar refractivity (Wildman–Crippen MR) is 88.4 cm³/mol. The monoisotopic (exact) mass is 360 g/mol. The second-order valence-corrected chi connectivity index (χ2v) is 5.61. The molecule has 26 heavy (non-hydrogen) atoms. The van der Waals surface area contributed by atoms with E-state index < -0.39 is 11.6 Å². The number of aryl methyl sites for hydroxylation is 1. The molecule has 3 aromatic rings. The number of benzene rings is 2. The fraction of sp³-hybridized carbons (Fsp3) is 0.158. The molecule has 4 nitrogen and oxygen atoms in total. The number of halogens is 3. The van der Waals surface area contributed by atoms with Crippen molar-refractivity contribution < 1.29 is 22.4 Å². The lowest BCUT2D eigenvalue weighted by molar-refractivity contribution is -0.121. The Labute approximate surface area is 147 Å². The topological polar surface area (TPSA) is 55.1 Å². The van der Waals surface area contributed by atoms with Gasteiger partial charge in [0.2, 0.25) is 5.91 Å². The number of aromatic nitrogens is 1. The SMILES string of the molecule is O=C(CCc1ncc(-c2ccc(F)cc2F)o1)NCc1ccccc1F. The van der Waals surface area contributed by atoms with Crippen LogP contribution >= 0.6 is 0 Å². The van der Waals surface area contributed by atoms with Crippen molar-refractivity contribution in [3.63, 3.8) is 0 Å². The minimum absolute atomic E-state index is 0.0836. The Kier molecular flexibility index (Phi) is 5.36. The largest absolute Gasteiger partial charge is 0.441 e. The molecule has 3 rings (SSSR count). The predicted octanol–water partition coefficient (Wildman–Crippen LogP) is 4.01. The van der Waals surface area contributed by atoms with Crippen LogP contribution in [0.2, 0.25) is 0 Å². The summed E-state index contributed by atoms with van der Waals surface area (Å²) in [6, 6.07) is 9.32. The maximum atomic E-state index is 13.7. The summed E-state index contributed by atoms with van der Waals surface area (Å²) < 4.78 is 45.6. The van der Waals surface area contributed by atoms with Gasteiger partial charge < -0.3 is 9.73 Å². The third-order valence-electron chi connectivity index (χ3n) is 3.75. The van der Waals surface area contributed by atoms with Gasteiger partial charge in [0.1, 0.15) is 17.5 Å². The molecule has 0 aliphatic heterocycles. The van der Waals surface area contributed by atoms with Crippen LogP contribution in [0.15, 0.2) is 53.1 Å². The van der Waals surface area contributed by atoms with Crippen LogP contribution in [0.3, 0.4) is 0 Å². The maximum Gasteiger partial charge on any atom is 0.220 e. The Balaban J connectivity index is 1.54. The summed E-state index contributed by atoms with van der Waals surface area (Å²) in [4.78, 5) is 15.9. The van der Waals surface area contributed by atoms with Gasteiger partial charge in [-0.3, -0.25) is 4.79 Å². The maximum absolute atomic E-state index is 13.7. The van der Waals surface area contributed by atoms with Gasteiger partial charge in [0, 0.05) is 31.0 Å². The first-order chi connectivity index (χ1) is 12.5. The highest BCUT2D eigenvalue weighted by molar-refractivity contribution is 5.76. The van der Waals surface area contributed by atoms with Crippen LogP contribution in [0, 0.1) is 17.5 Å². The van der Waals surface area contributed by atoms with Crippen molar-refractivity contribution in [2.24, 2.45) is 0 Å². The number of carbonyl (C=O) groups is 1. The van der Waals surface area contributed by atoms with Gasteiger partial charge >= 0.3 is 0 Å². The number of oxazole rings is 1. The standard InChI is InChI=1S/C19H15F3N2O2/c20-13-5-6-14(16(22)9-13)17-11-24-19(26-17)8-7-18(25)23-10-12-3-1-2-4-15(12)21/h1-6,9,11H,7-8,10H2,(H,23,25). The molecular formula is C19H15F3N2O2. The zero-order valence-electron chi connectivity index (χ0n) is 13.6. The Morgan fingerprint density at radius 2 is 1.88 bits per heavy atom. The summed E-state index contributed by atoms with van der Waals surface area (Å²) in [5.74, 6) is -1.70. The Bertz CT molecular complexity index is 925. The van der Waals surface area contributed by atoms with Crippen molar-refractivity contribution in [3.8, 4) is 11.3 Å². The van der Waals surface area contributed by atoms with Crippen molar-refractivity contribution in [1.82, 2.24) is 10.3 Å². The number of hydrogen-bond acceptors (Lipinski definition) is 3. The number of amides is 1. The molecule has 0 spiro atoms. The Hall–Kier alpha value is -3.09. The Morgan fingerprint density at radius 1 is 1.08 bits per heavy atom. The minimum atomic E-state index is -0.754. The lowest BCUT2D eigenvalue weighted by Gasteiger charge is -2.05. The van der Waals surface area contributed by atoms with E-state index in [1.54, 1.807) is 18.2 Å². The third kappa shape index (κ3) is 4.30.